The number of carbonyl (C=O) groups excluding carboxylic acids is 1. The van der Waals surface area contributed by atoms with E-state index in [1.54, 1.807) is 4.31 Å². The number of rotatable bonds is 6. The molecule has 156 valence electrons. The highest BCUT2D eigenvalue weighted by Gasteiger charge is 2.32. The van der Waals surface area contributed by atoms with E-state index in [1.165, 1.54) is 19.3 Å². The molecule has 1 saturated carbocycles. The Labute approximate surface area is 169 Å². The van der Waals surface area contributed by atoms with Crippen LogP contribution in [0.25, 0.3) is 0 Å². The van der Waals surface area contributed by atoms with Gasteiger partial charge in [0.15, 0.2) is 0 Å². The molecule has 1 aromatic carbocycles. The lowest BCUT2D eigenvalue weighted by Gasteiger charge is -2.38. The number of piperazine rings is 1. The minimum atomic E-state index is -3.33. The molecule has 0 radical (unpaired) electrons. The van der Waals surface area contributed by atoms with Gasteiger partial charge >= 0.3 is 0 Å². The second kappa shape index (κ2) is 9.37. The van der Waals surface area contributed by atoms with E-state index in [2.05, 4.69) is 17.1 Å². The van der Waals surface area contributed by atoms with Crippen LogP contribution in [-0.4, -0.2) is 61.8 Å². The van der Waals surface area contributed by atoms with Gasteiger partial charge in [-0.25, -0.2) is 8.42 Å². The van der Waals surface area contributed by atoms with Gasteiger partial charge in [-0.2, -0.15) is 4.31 Å². The van der Waals surface area contributed by atoms with Gasteiger partial charge in [0.1, 0.15) is 0 Å². The number of nitrogens with zero attached hydrogens (tertiary/aromatic N) is 2. The molecule has 1 N–H and O–H groups in total. The fourth-order valence-electron chi connectivity index (χ4n) is 4.25. The highest BCUT2D eigenvalue weighted by atomic mass is 32.2. The van der Waals surface area contributed by atoms with Crippen LogP contribution in [0.4, 0.5) is 0 Å². The highest BCUT2D eigenvalue weighted by Crippen LogP contribution is 2.24. The minimum Gasteiger partial charge on any atom is -0.352 e. The number of amides is 1. The number of sulfonamides is 1. The van der Waals surface area contributed by atoms with Crippen LogP contribution >= 0.6 is 0 Å². The topological polar surface area (TPSA) is 69.7 Å². The molecule has 7 heteroatoms. The van der Waals surface area contributed by atoms with Crippen molar-refractivity contribution in [3.63, 3.8) is 0 Å². The summed E-state index contributed by atoms with van der Waals surface area (Å²) >= 11 is 0. The number of benzene rings is 1. The zero-order valence-electron chi connectivity index (χ0n) is 17.0. The fraction of sp³-hybridized carbons (Fsp3) is 0.667. The second-order valence-corrected chi connectivity index (χ2v) is 10.2. The normalized spacial score (nSPS) is 25.9. The maximum absolute atomic E-state index is 12.7. The smallest absolute Gasteiger partial charge is 0.237 e. The summed E-state index contributed by atoms with van der Waals surface area (Å²) in [5.74, 6) is 0.632. The molecule has 0 spiro atoms. The SMILES string of the molecule is C[C@@H]1CCCC[C@H]1NC(=O)[C@H](C)N1CCN(S(=O)(=O)Cc2ccccc2)CC1. The van der Waals surface area contributed by atoms with E-state index in [-0.39, 0.29) is 23.7 Å². The maximum atomic E-state index is 12.7. The van der Waals surface area contributed by atoms with Crippen LogP contribution in [0.2, 0.25) is 0 Å². The van der Waals surface area contributed by atoms with Crippen LogP contribution < -0.4 is 5.32 Å². The molecule has 1 aliphatic carbocycles. The van der Waals surface area contributed by atoms with Crippen molar-refractivity contribution >= 4 is 15.9 Å². The fourth-order valence-corrected chi connectivity index (χ4v) is 5.76. The molecular formula is C21H33N3O3S. The van der Waals surface area contributed by atoms with Gasteiger partial charge in [-0.05, 0) is 31.2 Å². The van der Waals surface area contributed by atoms with Crippen LogP contribution in [0, 0.1) is 5.92 Å². The third-order valence-corrected chi connectivity index (χ3v) is 8.07. The Morgan fingerprint density at radius 3 is 2.39 bits per heavy atom. The monoisotopic (exact) mass is 407 g/mol. The summed E-state index contributed by atoms with van der Waals surface area (Å²) in [6, 6.07) is 9.32. The molecule has 2 fully saturated rings. The molecule has 3 atom stereocenters. The Kier molecular flexibility index (Phi) is 7.12. The van der Waals surface area contributed by atoms with Crippen molar-refractivity contribution in [3.05, 3.63) is 35.9 Å². The Balaban J connectivity index is 1.50. The van der Waals surface area contributed by atoms with Crippen LogP contribution in [0.15, 0.2) is 30.3 Å². The average Bonchev–Trinajstić information content (AvgIpc) is 2.69. The van der Waals surface area contributed by atoms with Crippen LogP contribution in [0.3, 0.4) is 0 Å². The quantitative estimate of drug-likeness (QED) is 0.785. The second-order valence-electron chi connectivity index (χ2n) is 8.23. The highest BCUT2D eigenvalue weighted by molar-refractivity contribution is 7.88. The van der Waals surface area contributed by atoms with Crippen LogP contribution in [0.1, 0.15) is 45.1 Å². The van der Waals surface area contributed by atoms with Crippen molar-refractivity contribution in [1.29, 1.82) is 0 Å². The van der Waals surface area contributed by atoms with E-state index < -0.39 is 10.0 Å². The molecule has 1 aliphatic heterocycles. The third kappa shape index (κ3) is 5.33. The Morgan fingerprint density at radius 1 is 1.11 bits per heavy atom. The van der Waals surface area contributed by atoms with Gasteiger partial charge in [-0.15, -0.1) is 0 Å². The van der Waals surface area contributed by atoms with Gasteiger partial charge in [-0.1, -0.05) is 50.1 Å². The molecule has 28 heavy (non-hydrogen) atoms. The van der Waals surface area contributed by atoms with E-state index in [0.717, 1.165) is 12.0 Å². The summed E-state index contributed by atoms with van der Waals surface area (Å²) in [4.78, 5) is 14.8. The first kappa shape index (κ1) is 21.3. The summed E-state index contributed by atoms with van der Waals surface area (Å²) in [5, 5.41) is 3.23. The van der Waals surface area contributed by atoms with Crippen molar-refractivity contribution in [3.8, 4) is 0 Å². The largest absolute Gasteiger partial charge is 0.352 e. The summed E-state index contributed by atoms with van der Waals surface area (Å²) in [5.41, 5.74) is 0.805. The number of carbonyl (C=O) groups is 1. The molecule has 0 bridgehead atoms. The van der Waals surface area contributed by atoms with Crippen molar-refractivity contribution in [2.75, 3.05) is 26.2 Å². The van der Waals surface area contributed by atoms with Crippen molar-refractivity contribution in [2.24, 2.45) is 5.92 Å². The molecule has 0 unspecified atom stereocenters. The van der Waals surface area contributed by atoms with Crippen molar-refractivity contribution < 1.29 is 13.2 Å². The van der Waals surface area contributed by atoms with Crippen molar-refractivity contribution in [1.82, 2.24) is 14.5 Å². The predicted molar refractivity (Wildman–Crippen MR) is 111 cm³/mol. The van der Waals surface area contributed by atoms with Crippen LogP contribution in [0.5, 0.6) is 0 Å². The first-order valence-electron chi connectivity index (χ1n) is 10.4. The van der Waals surface area contributed by atoms with Gasteiger partial charge < -0.3 is 5.32 Å². The predicted octanol–water partition coefficient (Wildman–Crippen LogP) is 2.22. The lowest BCUT2D eigenvalue weighted by atomic mass is 9.86. The van der Waals surface area contributed by atoms with E-state index in [1.807, 2.05) is 37.3 Å². The third-order valence-electron chi connectivity index (χ3n) is 6.22. The van der Waals surface area contributed by atoms with Gasteiger partial charge in [0, 0.05) is 32.2 Å². The number of hydrogen-bond donors (Lipinski definition) is 1. The number of hydrogen-bond acceptors (Lipinski definition) is 4. The average molecular weight is 408 g/mol. The zero-order valence-corrected chi connectivity index (χ0v) is 17.8. The minimum absolute atomic E-state index is 0.0312. The summed E-state index contributed by atoms with van der Waals surface area (Å²) in [7, 11) is -3.33. The Hall–Kier alpha value is -1.44. The Bertz CT molecular complexity index is 745. The van der Waals surface area contributed by atoms with Gasteiger partial charge in [0.2, 0.25) is 15.9 Å². The molecule has 1 saturated heterocycles. The summed E-state index contributed by atoms with van der Waals surface area (Å²) in [6.07, 6.45) is 4.67. The van der Waals surface area contributed by atoms with Gasteiger partial charge in [0.25, 0.3) is 0 Å². The lowest BCUT2D eigenvalue weighted by Crippen LogP contribution is -2.56. The molecule has 1 amide bonds. The first-order chi connectivity index (χ1) is 13.4. The molecule has 1 heterocycles. The molecular weight excluding hydrogens is 374 g/mol. The Morgan fingerprint density at radius 2 is 1.75 bits per heavy atom. The van der Waals surface area contributed by atoms with E-state index >= 15 is 0 Å². The van der Waals surface area contributed by atoms with E-state index in [4.69, 9.17) is 0 Å². The molecule has 6 nitrogen and oxygen atoms in total. The molecule has 0 aromatic heterocycles. The standard InChI is InChI=1S/C21H33N3O3S/c1-17-8-6-7-11-20(17)22-21(25)18(2)23-12-14-24(15-13-23)28(26,27)16-19-9-4-3-5-10-19/h3-5,9-10,17-18,20H,6-8,11-16H2,1-2H3,(H,22,25)/t17-,18+,20-/m1/s1. The first-order valence-corrected chi connectivity index (χ1v) is 12.0. The van der Waals surface area contributed by atoms with Crippen molar-refractivity contribution in [2.45, 2.75) is 57.4 Å². The van der Waals surface area contributed by atoms with E-state index in [9.17, 15) is 13.2 Å². The summed E-state index contributed by atoms with van der Waals surface area (Å²) in [6.45, 7) is 6.19. The molecule has 3 rings (SSSR count). The van der Waals surface area contributed by atoms with Gasteiger partial charge in [0.05, 0.1) is 11.8 Å². The lowest BCUT2D eigenvalue weighted by molar-refractivity contribution is -0.127. The molecule has 1 aromatic rings. The van der Waals surface area contributed by atoms with Gasteiger partial charge in [-0.3, -0.25) is 9.69 Å². The summed E-state index contributed by atoms with van der Waals surface area (Å²) < 4.78 is 26.9. The molecule has 2 aliphatic rings. The zero-order chi connectivity index (χ0) is 20.1. The van der Waals surface area contributed by atoms with Crippen LogP contribution in [-0.2, 0) is 20.6 Å². The number of nitrogens with one attached hydrogen (secondary N) is 1. The maximum Gasteiger partial charge on any atom is 0.237 e. The van der Waals surface area contributed by atoms with E-state index in [0.29, 0.717) is 32.1 Å².